The number of pyridine rings is 1. The highest BCUT2D eigenvalue weighted by Gasteiger charge is 2.24. The monoisotopic (exact) mass is 390 g/mol. The van der Waals surface area contributed by atoms with Gasteiger partial charge in [0.05, 0.1) is 38.1 Å². The van der Waals surface area contributed by atoms with Crippen LogP contribution >= 0.6 is 39.1 Å². The van der Waals surface area contributed by atoms with Gasteiger partial charge in [0.2, 0.25) is 0 Å². The molecule has 0 saturated carbocycles. The van der Waals surface area contributed by atoms with Crippen molar-refractivity contribution in [3.63, 3.8) is 0 Å². The third-order valence-electron chi connectivity index (χ3n) is 3.06. The van der Waals surface area contributed by atoms with Crippen LogP contribution in [0.3, 0.4) is 0 Å². The SMILES string of the molecule is CCCn1ncc(Br)c1C(NCC)c1ncc(Cl)cc1Cl. The van der Waals surface area contributed by atoms with E-state index in [2.05, 4.69) is 38.3 Å². The van der Waals surface area contributed by atoms with Crippen molar-refractivity contribution in [3.8, 4) is 0 Å². The van der Waals surface area contributed by atoms with E-state index in [1.54, 1.807) is 18.5 Å². The Labute approximate surface area is 143 Å². The van der Waals surface area contributed by atoms with Crippen molar-refractivity contribution in [2.75, 3.05) is 6.54 Å². The minimum absolute atomic E-state index is 0.136. The molecule has 0 aromatic carbocycles. The molecule has 1 N–H and O–H groups in total. The van der Waals surface area contributed by atoms with Gasteiger partial charge in [-0.05, 0) is 35.0 Å². The second kappa shape index (κ2) is 7.58. The van der Waals surface area contributed by atoms with E-state index in [-0.39, 0.29) is 6.04 Å². The third kappa shape index (κ3) is 3.77. The lowest BCUT2D eigenvalue weighted by Gasteiger charge is -2.20. The molecule has 0 aliphatic rings. The van der Waals surface area contributed by atoms with Crippen molar-refractivity contribution in [2.24, 2.45) is 0 Å². The summed E-state index contributed by atoms with van der Waals surface area (Å²) in [5.41, 5.74) is 1.77. The van der Waals surface area contributed by atoms with Gasteiger partial charge in [-0.1, -0.05) is 37.0 Å². The van der Waals surface area contributed by atoms with E-state index in [4.69, 9.17) is 23.2 Å². The number of hydrogen-bond acceptors (Lipinski definition) is 3. The predicted octanol–water partition coefficient (Wildman–Crippen LogP) is 4.46. The van der Waals surface area contributed by atoms with Gasteiger partial charge in [0, 0.05) is 12.7 Å². The van der Waals surface area contributed by atoms with Crippen LogP contribution in [-0.4, -0.2) is 21.3 Å². The van der Waals surface area contributed by atoms with Crippen LogP contribution in [0.15, 0.2) is 22.9 Å². The van der Waals surface area contributed by atoms with Crippen LogP contribution in [-0.2, 0) is 6.54 Å². The van der Waals surface area contributed by atoms with E-state index >= 15 is 0 Å². The first kappa shape index (κ1) is 16.7. The van der Waals surface area contributed by atoms with Crippen molar-refractivity contribution in [3.05, 3.63) is 44.4 Å². The molecule has 1 unspecified atom stereocenters. The molecule has 21 heavy (non-hydrogen) atoms. The third-order valence-corrected chi connectivity index (χ3v) is 4.18. The number of nitrogens with zero attached hydrogens (tertiary/aromatic N) is 3. The maximum Gasteiger partial charge on any atom is 0.0948 e. The molecule has 0 saturated heterocycles. The summed E-state index contributed by atoms with van der Waals surface area (Å²) in [6, 6.07) is 1.58. The Morgan fingerprint density at radius 3 is 2.71 bits per heavy atom. The summed E-state index contributed by atoms with van der Waals surface area (Å²) >= 11 is 15.8. The Bertz CT molecular complexity index is 615. The molecule has 7 heteroatoms. The van der Waals surface area contributed by atoms with E-state index < -0.39 is 0 Å². The second-order valence-corrected chi connectivity index (χ2v) is 6.31. The molecule has 2 aromatic rings. The maximum atomic E-state index is 6.33. The Morgan fingerprint density at radius 1 is 1.33 bits per heavy atom. The number of nitrogens with one attached hydrogen (secondary N) is 1. The first-order chi connectivity index (χ1) is 10.1. The summed E-state index contributed by atoms with van der Waals surface area (Å²) in [6.45, 7) is 5.80. The van der Waals surface area contributed by atoms with Crippen molar-refractivity contribution in [2.45, 2.75) is 32.9 Å². The molecule has 0 aliphatic heterocycles. The lowest BCUT2D eigenvalue weighted by atomic mass is 10.1. The fourth-order valence-corrected chi connectivity index (χ4v) is 3.23. The number of aromatic nitrogens is 3. The average molecular weight is 392 g/mol. The van der Waals surface area contributed by atoms with Crippen molar-refractivity contribution in [1.29, 1.82) is 0 Å². The summed E-state index contributed by atoms with van der Waals surface area (Å²) in [5.74, 6) is 0. The fraction of sp³-hybridized carbons (Fsp3) is 0.429. The Hall–Kier alpha value is -0.620. The number of aryl methyl sites for hydroxylation is 1. The standard InChI is InChI=1S/C14H17BrCl2N4/c1-3-5-21-14(10(15)8-20-21)13(18-4-2)12-11(17)6-9(16)7-19-12/h6-8,13,18H,3-5H2,1-2H3. The first-order valence-electron chi connectivity index (χ1n) is 6.84. The topological polar surface area (TPSA) is 42.7 Å². The van der Waals surface area contributed by atoms with Crippen molar-refractivity contribution in [1.82, 2.24) is 20.1 Å². The molecule has 114 valence electrons. The van der Waals surface area contributed by atoms with E-state index in [0.717, 1.165) is 35.4 Å². The zero-order chi connectivity index (χ0) is 15.4. The largest absolute Gasteiger partial charge is 0.304 e. The van der Waals surface area contributed by atoms with Gasteiger partial charge in [-0.25, -0.2) is 0 Å². The minimum Gasteiger partial charge on any atom is -0.304 e. The zero-order valence-corrected chi connectivity index (χ0v) is 15.0. The molecular weight excluding hydrogens is 375 g/mol. The molecule has 0 fully saturated rings. The first-order valence-corrected chi connectivity index (χ1v) is 8.38. The fourth-order valence-electron chi connectivity index (χ4n) is 2.21. The van der Waals surface area contributed by atoms with Crippen LogP contribution in [0.1, 0.15) is 37.7 Å². The molecule has 0 bridgehead atoms. The Balaban J connectivity index is 2.50. The van der Waals surface area contributed by atoms with Crippen LogP contribution < -0.4 is 5.32 Å². The lowest BCUT2D eigenvalue weighted by Crippen LogP contribution is -2.26. The highest BCUT2D eigenvalue weighted by atomic mass is 79.9. The molecular formula is C14H17BrCl2N4. The molecule has 4 nitrogen and oxygen atoms in total. The van der Waals surface area contributed by atoms with Crippen LogP contribution in [0.2, 0.25) is 10.0 Å². The van der Waals surface area contributed by atoms with Gasteiger partial charge in [-0.3, -0.25) is 9.67 Å². The van der Waals surface area contributed by atoms with Crippen molar-refractivity contribution >= 4 is 39.1 Å². The second-order valence-electron chi connectivity index (χ2n) is 4.61. The van der Waals surface area contributed by atoms with Gasteiger partial charge >= 0.3 is 0 Å². The molecule has 1 atom stereocenters. The minimum atomic E-state index is -0.136. The highest BCUT2D eigenvalue weighted by molar-refractivity contribution is 9.10. The van der Waals surface area contributed by atoms with Crippen molar-refractivity contribution < 1.29 is 0 Å². The van der Waals surface area contributed by atoms with Gasteiger partial charge in [-0.15, -0.1) is 0 Å². The summed E-state index contributed by atoms with van der Waals surface area (Å²) in [6.07, 6.45) is 4.42. The van der Waals surface area contributed by atoms with Crippen LogP contribution in [0.4, 0.5) is 0 Å². The lowest BCUT2D eigenvalue weighted by molar-refractivity contribution is 0.513. The van der Waals surface area contributed by atoms with Gasteiger partial charge < -0.3 is 5.32 Å². The van der Waals surface area contributed by atoms with Gasteiger partial charge in [0.1, 0.15) is 0 Å². The average Bonchev–Trinajstić information content (AvgIpc) is 2.79. The highest BCUT2D eigenvalue weighted by Crippen LogP contribution is 2.32. The van der Waals surface area contributed by atoms with Crippen LogP contribution in [0.25, 0.3) is 0 Å². The van der Waals surface area contributed by atoms with E-state index in [1.165, 1.54) is 0 Å². The van der Waals surface area contributed by atoms with E-state index in [9.17, 15) is 0 Å². The number of rotatable bonds is 6. The summed E-state index contributed by atoms with van der Waals surface area (Å²) in [4.78, 5) is 4.41. The molecule has 0 spiro atoms. The quantitative estimate of drug-likeness (QED) is 0.790. The van der Waals surface area contributed by atoms with E-state index in [1.807, 2.05) is 11.6 Å². The molecule has 2 aromatic heterocycles. The maximum absolute atomic E-state index is 6.33. The number of hydrogen-bond donors (Lipinski definition) is 1. The Kier molecular flexibility index (Phi) is 6.05. The smallest absolute Gasteiger partial charge is 0.0948 e. The molecule has 0 amide bonds. The predicted molar refractivity (Wildman–Crippen MR) is 90.0 cm³/mol. The van der Waals surface area contributed by atoms with Gasteiger partial charge in [0.25, 0.3) is 0 Å². The normalized spacial score (nSPS) is 12.6. The van der Waals surface area contributed by atoms with Crippen LogP contribution in [0, 0.1) is 0 Å². The molecule has 2 rings (SSSR count). The zero-order valence-electron chi connectivity index (χ0n) is 11.9. The van der Waals surface area contributed by atoms with Gasteiger partial charge in [0.15, 0.2) is 0 Å². The van der Waals surface area contributed by atoms with Gasteiger partial charge in [-0.2, -0.15) is 5.10 Å². The summed E-state index contributed by atoms with van der Waals surface area (Å²) in [5, 5.41) is 8.91. The Morgan fingerprint density at radius 2 is 2.10 bits per heavy atom. The number of halogens is 3. The van der Waals surface area contributed by atoms with Crippen LogP contribution in [0.5, 0.6) is 0 Å². The molecule has 0 aliphatic carbocycles. The summed E-state index contributed by atoms with van der Waals surface area (Å²) < 4.78 is 2.92. The molecule has 2 heterocycles. The molecule has 0 radical (unpaired) electrons. The summed E-state index contributed by atoms with van der Waals surface area (Å²) in [7, 11) is 0. The van der Waals surface area contributed by atoms with E-state index in [0.29, 0.717) is 10.0 Å².